The van der Waals surface area contributed by atoms with Crippen molar-refractivity contribution in [2.75, 3.05) is 25.6 Å². The zero-order valence-electron chi connectivity index (χ0n) is 7.67. The fourth-order valence-electron chi connectivity index (χ4n) is 0.853. The zero-order valence-corrected chi connectivity index (χ0v) is 7.67. The lowest BCUT2D eigenvalue weighted by atomic mass is 10.4. The molecule has 0 aliphatic carbocycles. The molecule has 0 atom stereocenters. The van der Waals surface area contributed by atoms with Crippen LogP contribution in [0.15, 0.2) is 6.33 Å². The summed E-state index contributed by atoms with van der Waals surface area (Å²) >= 11 is 0. The molecule has 0 fully saturated rings. The molecule has 1 rings (SSSR count). The average molecular weight is 185 g/mol. The van der Waals surface area contributed by atoms with Crippen molar-refractivity contribution in [3.63, 3.8) is 0 Å². The highest BCUT2D eigenvalue weighted by Gasteiger charge is 2.05. The Morgan fingerprint density at radius 1 is 1.54 bits per heavy atom. The van der Waals surface area contributed by atoms with Gasteiger partial charge >= 0.3 is 0 Å². The van der Waals surface area contributed by atoms with Gasteiger partial charge in [-0.3, -0.25) is 0 Å². The van der Waals surface area contributed by atoms with Gasteiger partial charge in [0.1, 0.15) is 6.33 Å². The van der Waals surface area contributed by atoms with Gasteiger partial charge in [0.15, 0.2) is 11.6 Å². The first-order chi connectivity index (χ1) is 6.25. The number of ether oxygens (including phenoxy) is 1. The Hall–Kier alpha value is -1.23. The summed E-state index contributed by atoms with van der Waals surface area (Å²) in [6, 6.07) is 0. The van der Waals surface area contributed by atoms with Crippen LogP contribution in [-0.4, -0.2) is 30.2 Å². The minimum atomic E-state index is -0.404. The van der Waals surface area contributed by atoms with Crippen LogP contribution in [0.1, 0.15) is 5.69 Å². The molecular formula is C8H12FN3O. The molecule has 72 valence electrons. The van der Waals surface area contributed by atoms with Crippen molar-refractivity contribution in [3.8, 4) is 0 Å². The van der Waals surface area contributed by atoms with Gasteiger partial charge in [-0.2, -0.15) is 0 Å². The van der Waals surface area contributed by atoms with Crippen LogP contribution < -0.4 is 5.32 Å². The Balaban J connectivity index is 2.61. The summed E-state index contributed by atoms with van der Waals surface area (Å²) in [5.41, 5.74) is 0.343. The molecule has 0 saturated carbocycles. The first-order valence-electron chi connectivity index (χ1n) is 3.95. The van der Waals surface area contributed by atoms with Crippen LogP contribution in [0, 0.1) is 12.7 Å². The van der Waals surface area contributed by atoms with Crippen LogP contribution >= 0.6 is 0 Å². The van der Waals surface area contributed by atoms with Crippen molar-refractivity contribution in [2.45, 2.75) is 6.92 Å². The van der Waals surface area contributed by atoms with Crippen LogP contribution in [-0.2, 0) is 4.74 Å². The van der Waals surface area contributed by atoms with E-state index in [0.717, 1.165) is 0 Å². The van der Waals surface area contributed by atoms with E-state index in [4.69, 9.17) is 4.74 Å². The quantitative estimate of drug-likeness (QED) is 0.710. The zero-order chi connectivity index (χ0) is 9.68. The number of hydrogen-bond donors (Lipinski definition) is 1. The molecule has 0 unspecified atom stereocenters. The third-order valence-electron chi connectivity index (χ3n) is 1.56. The van der Waals surface area contributed by atoms with E-state index in [-0.39, 0.29) is 5.82 Å². The van der Waals surface area contributed by atoms with E-state index < -0.39 is 5.82 Å². The van der Waals surface area contributed by atoms with Crippen LogP contribution in [0.25, 0.3) is 0 Å². The summed E-state index contributed by atoms with van der Waals surface area (Å²) < 4.78 is 18.0. The lowest BCUT2D eigenvalue weighted by Gasteiger charge is -2.05. The topological polar surface area (TPSA) is 47.0 Å². The molecule has 0 amide bonds. The van der Waals surface area contributed by atoms with Gasteiger partial charge in [0, 0.05) is 13.7 Å². The fraction of sp³-hybridized carbons (Fsp3) is 0.500. The number of hydrogen-bond acceptors (Lipinski definition) is 4. The molecular weight excluding hydrogens is 173 g/mol. The first kappa shape index (κ1) is 9.85. The van der Waals surface area contributed by atoms with Gasteiger partial charge < -0.3 is 10.1 Å². The molecule has 0 spiro atoms. The molecule has 1 N–H and O–H groups in total. The summed E-state index contributed by atoms with van der Waals surface area (Å²) in [5.74, 6) is -0.178. The molecule has 0 aliphatic rings. The Bertz CT molecular complexity index is 280. The summed E-state index contributed by atoms with van der Waals surface area (Å²) in [6.45, 7) is 2.64. The maximum atomic E-state index is 13.2. The molecule has 5 heteroatoms. The number of nitrogens with one attached hydrogen (secondary N) is 1. The van der Waals surface area contributed by atoms with Gasteiger partial charge in [0.25, 0.3) is 0 Å². The largest absolute Gasteiger partial charge is 0.383 e. The van der Waals surface area contributed by atoms with Crippen LogP contribution in [0.5, 0.6) is 0 Å². The second-order valence-electron chi connectivity index (χ2n) is 2.54. The molecule has 0 radical (unpaired) electrons. The molecule has 0 aliphatic heterocycles. The van der Waals surface area contributed by atoms with E-state index in [2.05, 4.69) is 15.3 Å². The molecule has 13 heavy (non-hydrogen) atoms. The maximum absolute atomic E-state index is 13.2. The second-order valence-corrected chi connectivity index (χ2v) is 2.54. The highest BCUT2D eigenvalue weighted by Crippen LogP contribution is 2.10. The van der Waals surface area contributed by atoms with Crippen molar-refractivity contribution >= 4 is 5.82 Å². The van der Waals surface area contributed by atoms with Gasteiger partial charge in [-0.25, -0.2) is 14.4 Å². The second kappa shape index (κ2) is 4.71. The van der Waals surface area contributed by atoms with Gasteiger partial charge in [-0.1, -0.05) is 0 Å². The predicted molar refractivity (Wildman–Crippen MR) is 47.1 cm³/mol. The lowest BCUT2D eigenvalue weighted by Crippen LogP contribution is -2.11. The smallest absolute Gasteiger partial charge is 0.186 e. The summed E-state index contributed by atoms with van der Waals surface area (Å²) in [4.78, 5) is 7.47. The summed E-state index contributed by atoms with van der Waals surface area (Å²) in [7, 11) is 1.59. The van der Waals surface area contributed by atoms with E-state index in [1.54, 1.807) is 14.0 Å². The van der Waals surface area contributed by atoms with E-state index in [0.29, 0.717) is 18.8 Å². The molecule has 0 bridgehead atoms. The number of methoxy groups -OCH3 is 1. The highest BCUT2D eigenvalue weighted by atomic mass is 19.1. The number of nitrogens with zero attached hydrogens (tertiary/aromatic N) is 2. The number of aryl methyl sites for hydroxylation is 1. The number of halogens is 1. The molecule has 1 aromatic heterocycles. The van der Waals surface area contributed by atoms with Gasteiger partial charge in [-0.15, -0.1) is 0 Å². The number of anilines is 1. The highest BCUT2D eigenvalue weighted by molar-refractivity contribution is 5.36. The van der Waals surface area contributed by atoms with Crippen molar-refractivity contribution < 1.29 is 9.13 Å². The van der Waals surface area contributed by atoms with E-state index in [1.165, 1.54) is 6.33 Å². The van der Waals surface area contributed by atoms with Gasteiger partial charge in [0.05, 0.1) is 12.3 Å². The lowest BCUT2D eigenvalue weighted by molar-refractivity contribution is 0.210. The van der Waals surface area contributed by atoms with Crippen molar-refractivity contribution in [1.82, 2.24) is 9.97 Å². The number of aromatic nitrogens is 2. The predicted octanol–water partition coefficient (Wildman–Crippen LogP) is 0.982. The van der Waals surface area contributed by atoms with E-state index in [9.17, 15) is 4.39 Å². The molecule has 4 nitrogen and oxygen atoms in total. The van der Waals surface area contributed by atoms with Crippen LogP contribution in [0.2, 0.25) is 0 Å². The van der Waals surface area contributed by atoms with Crippen molar-refractivity contribution in [3.05, 3.63) is 17.8 Å². The summed E-state index contributed by atoms with van der Waals surface area (Å²) in [5, 5.41) is 2.80. The van der Waals surface area contributed by atoms with E-state index in [1.807, 2.05) is 0 Å². The standard InChI is InChI=1S/C8H12FN3O/c1-6-7(9)8(12-5-11-6)10-3-4-13-2/h5H,3-4H2,1-2H3,(H,10,11,12). The monoisotopic (exact) mass is 185 g/mol. The SMILES string of the molecule is COCCNc1ncnc(C)c1F. The third kappa shape index (κ3) is 2.62. The molecule has 1 aromatic rings. The summed E-state index contributed by atoms with van der Waals surface area (Å²) in [6.07, 6.45) is 1.33. The minimum Gasteiger partial charge on any atom is -0.383 e. The van der Waals surface area contributed by atoms with Crippen molar-refractivity contribution in [1.29, 1.82) is 0 Å². The minimum absolute atomic E-state index is 0.226. The Morgan fingerprint density at radius 2 is 2.31 bits per heavy atom. The third-order valence-corrected chi connectivity index (χ3v) is 1.56. The fourth-order valence-corrected chi connectivity index (χ4v) is 0.853. The first-order valence-corrected chi connectivity index (χ1v) is 3.95. The average Bonchev–Trinajstić information content (AvgIpc) is 2.13. The van der Waals surface area contributed by atoms with Crippen LogP contribution in [0.3, 0.4) is 0 Å². The number of rotatable bonds is 4. The Morgan fingerprint density at radius 3 is 3.00 bits per heavy atom. The Labute approximate surface area is 76.2 Å². The van der Waals surface area contributed by atoms with Crippen molar-refractivity contribution in [2.24, 2.45) is 0 Å². The van der Waals surface area contributed by atoms with E-state index >= 15 is 0 Å². The molecule has 1 heterocycles. The molecule has 0 aromatic carbocycles. The Kier molecular flexibility index (Phi) is 3.57. The normalized spacial score (nSPS) is 10.1. The van der Waals surface area contributed by atoms with Gasteiger partial charge in [0.2, 0.25) is 0 Å². The maximum Gasteiger partial charge on any atom is 0.186 e. The van der Waals surface area contributed by atoms with Gasteiger partial charge in [-0.05, 0) is 6.92 Å². The van der Waals surface area contributed by atoms with Crippen LogP contribution in [0.4, 0.5) is 10.2 Å². The molecule has 0 saturated heterocycles.